The van der Waals surface area contributed by atoms with Crippen LogP contribution in [0.1, 0.15) is 35.3 Å². The minimum atomic E-state index is -0.0769. The Labute approximate surface area is 165 Å². The number of aryl methyl sites for hydroxylation is 3. The molecule has 1 aliphatic rings. The summed E-state index contributed by atoms with van der Waals surface area (Å²) in [4.78, 5) is 23.9. The van der Waals surface area contributed by atoms with Gasteiger partial charge in [-0.2, -0.15) is 0 Å². The highest BCUT2D eigenvalue weighted by atomic mass is 16.3. The normalized spacial score (nSPS) is 17.1. The van der Waals surface area contributed by atoms with Crippen LogP contribution in [0.4, 0.5) is 11.5 Å². The third-order valence-electron chi connectivity index (χ3n) is 5.90. The smallest absolute Gasteiger partial charge is 0.231 e. The number of piperidine rings is 1. The van der Waals surface area contributed by atoms with E-state index in [0.717, 1.165) is 53.2 Å². The average Bonchev–Trinajstić information content (AvgIpc) is 2.99. The molecule has 3 heterocycles. The number of benzene rings is 1. The van der Waals surface area contributed by atoms with Crippen molar-refractivity contribution in [1.29, 1.82) is 0 Å². The van der Waals surface area contributed by atoms with Crippen LogP contribution in [0.2, 0.25) is 0 Å². The molecule has 1 aliphatic heterocycles. The molecule has 0 aliphatic carbocycles. The van der Waals surface area contributed by atoms with Crippen molar-refractivity contribution in [1.82, 2.24) is 9.97 Å². The predicted molar refractivity (Wildman–Crippen MR) is 111 cm³/mol. The molecule has 146 valence electrons. The van der Waals surface area contributed by atoms with E-state index in [0.29, 0.717) is 12.3 Å². The van der Waals surface area contributed by atoms with Gasteiger partial charge in [-0.1, -0.05) is 12.1 Å². The lowest BCUT2D eigenvalue weighted by molar-refractivity contribution is -0.120. The molecule has 0 unspecified atom stereocenters. The molecule has 0 saturated carbocycles. The van der Waals surface area contributed by atoms with Gasteiger partial charge in [-0.25, -0.2) is 9.97 Å². The summed E-state index contributed by atoms with van der Waals surface area (Å²) < 4.78 is 5.75. The highest BCUT2D eigenvalue weighted by Crippen LogP contribution is 2.33. The van der Waals surface area contributed by atoms with Crippen LogP contribution in [0.25, 0.3) is 11.1 Å². The van der Waals surface area contributed by atoms with E-state index in [-0.39, 0.29) is 11.8 Å². The Morgan fingerprint density at radius 2 is 2.00 bits per heavy atom. The minimum Gasteiger partial charge on any atom is -0.443 e. The largest absolute Gasteiger partial charge is 0.443 e. The number of amides is 1. The average molecular weight is 378 g/mol. The van der Waals surface area contributed by atoms with Crippen molar-refractivity contribution in [3.63, 3.8) is 0 Å². The van der Waals surface area contributed by atoms with Crippen LogP contribution in [-0.4, -0.2) is 29.0 Å². The monoisotopic (exact) mass is 378 g/mol. The zero-order chi connectivity index (χ0) is 19.8. The SMILES string of the molecule is Cc1cccc(NC(=O)[C@@H]2CCCN(c3ncnc4oc(C)c(C)c34)C2)c1C. The Hall–Kier alpha value is -2.89. The molecule has 0 radical (unpaired) electrons. The van der Waals surface area contributed by atoms with Crippen molar-refractivity contribution < 1.29 is 9.21 Å². The fourth-order valence-electron chi connectivity index (χ4n) is 3.91. The van der Waals surface area contributed by atoms with Crippen molar-refractivity contribution in [2.24, 2.45) is 5.92 Å². The number of nitrogens with zero attached hydrogens (tertiary/aromatic N) is 3. The van der Waals surface area contributed by atoms with Gasteiger partial charge in [0, 0.05) is 24.3 Å². The maximum atomic E-state index is 13.0. The first-order valence-corrected chi connectivity index (χ1v) is 9.78. The highest BCUT2D eigenvalue weighted by molar-refractivity contribution is 5.94. The fourth-order valence-corrected chi connectivity index (χ4v) is 3.91. The Balaban J connectivity index is 1.57. The quantitative estimate of drug-likeness (QED) is 0.735. The van der Waals surface area contributed by atoms with E-state index in [1.807, 2.05) is 32.9 Å². The Bertz CT molecular complexity index is 1040. The highest BCUT2D eigenvalue weighted by Gasteiger charge is 2.29. The summed E-state index contributed by atoms with van der Waals surface area (Å²) in [5.74, 6) is 1.72. The molecule has 0 bridgehead atoms. The summed E-state index contributed by atoms with van der Waals surface area (Å²) in [6, 6.07) is 6.00. The zero-order valence-electron chi connectivity index (χ0n) is 16.9. The van der Waals surface area contributed by atoms with Gasteiger partial charge in [0.05, 0.1) is 11.3 Å². The molecule has 1 fully saturated rings. The van der Waals surface area contributed by atoms with Gasteiger partial charge < -0.3 is 14.6 Å². The maximum absolute atomic E-state index is 13.0. The Morgan fingerprint density at radius 3 is 2.82 bits per heavy atom. The fraction of sp³-hybridized carbons (Fsp3) is 0.409. The van der Waals surface area contributed by atoms with Crippen molar-refractivity contribution in [2.45, 2.75) is 40.5 Å². The van der Waals surface area contributed by atoms with Crippen molar-refractivity contribution in [3.05, 3.63) is 47.0 Å². The van der Waals surface area contributed by atoms with Gasteiger partial charge in [-0.05, 0) is 57.7 Å². The second-order valence-corrected chi connectivity index (χ2v) is 7.68. The summed E-state index contributed by atoms with van der Waals surface area (Å²) in [7, 11) is 0. The molecule has 6 nitrogen and oxygen atoms in total. The Morgan fingerprint density at radius 1 is 1.18 bits per heavy atom. The molecule has 3 aromatic rings. The number of carbonyl (C=O) groups excluding carboxylic acids is 1. The van der Waals surface area contributed by atoms with Crippen molar-refractivity contribution >= 4 is 28.5 Å². The van der Waals surface area contributed by atoms with Crippen molar-refractivity contribution in [2.75, 3.05) is 23.3 Å². The summed E-state index contributed by atoms with van der Waals surface area (Å²) in [5, 5.41) is 4.08. The number of hydrogen-bond acceptors (Lipinski definition) is 5. The predicted octanol–water partition coefficient (Wildman–Crippen LogP) is 4.31. The molecular formula is C22H26N4O2. The van der Waals surface area contributed by atoms with Crippen LogP contribution in [-0.2, 0) is 4.79 Å². The van der Waals surface area contributed by atoms with Gasteiger partial charge in [0.15, 0.2) is 0 Å². The summed E-state index contributed by atoms with van der Waals surface area (Å²) in [6.07, 6.45) is 3.37. The molecule has 1 N–H and O–H groups in total. The van der Waals surface area contributed by atoms with Crippen LogP contribution in [0, 0.1) is 33.6 Å². The first-order chi connectivity index (χ1) is 13.5. The van der Waals surface area contributed by atoms with E-state index in [1.165, 1.54) is 5.56 Å². The molecule has 6 heteroatoms. The summed E-state index contributed by atoms with van der Waals surface area (Å²) in [6.45, 7) is 9.60. The lowest BCUT2D eigenvalue weighted by Gasteiger charge is -2.33. The van der Waals surface area contributed by atoms with Crippen LogP contribution >= 0.6 is 0 Å². The van der Waals surface area contributed by atoms with E-state index in [1.54, 1.807) is 6.33 Å². The third-order valence-corrected chi connectivity index (χ3v) is 5.90. The standard InChI is InChI=1S/C22H26N4O2/c1-13-7-5-9-18(14(13)2)25-21(27)17-8-6-10-26(11-17)20-19-15(3)16(4)28-22(19)24-12-23-20/h5,7,9,12,17H,6,8,10-11H2,1-4H3,(H,25,27)/t17-/m1/s1. The summed E-state index contributed by atoms with van der Waals surface area (Å²) >= 11 is 0. The van der Waals surface area contributed by atoms with Gasteiger partial charge in [-0.3, -0.25) is 4.79 Å². The van der Waals surface area contributed by atoms with Crippen LogP contribution in [0.5, 0.6) is 0 Å². The Kier molecular flexibility index (Phi) is 4.79. The second kappa shape index (κ2) is 7.26. The van der Waals surface area contributed by atoms with Crippen LogP contribution < -0.4 is 10.2 Å². The number of carbonyl (C=O) groups is 1. The molecule has 28 heavy (non-hydrogen) atoms. The zero-order valence-corrected chi connectivity index (χ0v) is 16.9. The molecule has 1 amide bonds. The minimum absolute atomic E-state index is 0.0730. The van der Waals surface area contributed by atoms with E-state index in [4.69, 9.17) is 4.42 Å². The van der Waals surface area contributed by atoms with Crippen molar-refractivity contribution in [3.8, 4) is 0 Å². The van der Waals surface area contributed by atoms with Gasteiger partial charge in [0.1, 0.15) is 17.9 Å². The number of rotatable bonds is 3. The van der Waals surface area contributed by atoms with Gasteiger partial charge in [0.25, 0.3) is 0 Å². The van der Waals surface area contributed by atoms with E-state index >= 15 is 0 Å². The van der Waals surface area contributed by atoms with Gasteiger partial charge in [0.2, 0.25) is 11.6 Å². The van der Waals surface area contributed by atoms with E-state index in [9.17, 15) is 4.79 Å². The topological polar surface area (TPSA) is 71.3 Å². The number of anilines is 2. The molecule has 0 spiro atoms. The first kappa shape index (κ1) is 18.5. The molecule has 4 rings (SSSR count). The number of furan rings is 1. The number of aromatic nitrogens is 2. The third kappa shape index (κ3) is 3.23. The van der Waals surface area contributed by atoms with E-state index < -0.39 is 0 Å². The molecule has 1 saturated heterocycles. The van der Waals surface area contributed by atoms with Crippen LogP contribution in [0.3, 0.4) is 0 Å². The van der Waals surface area contributed by atoms with Gasteiger partial charge in [-0.15, -0.1) is 0 Å². The number of nitrogens with one attached hydrogen (secondary N) is 1. The first-order valence-electron chi connectivity index (χ1n) is 9.78. The number of fused-ring (bicyclic) bond motifs is 1. The lowest BCUT2D eigenvalue weighted by atomic mass is 9.96. The second-order valence-electron chi connectivity index (χ2n) is 7.68. The number of hydrogen-bond donors (Lipinski definition) is 1. The molecule has 2 aromatic heterocycles. The lowest BCUT2D eigenvalue weighted by Crippen LogP contribution is -2.41. The van der Waals surface area contributed by atoms with Crippen LogP contribution in [0.15, 0.2) is 28.9 Å². The maximum Gasteiger partial charge on any atom is 0.231 e. The van der Waals surface area contributed by atoms with Gasteiger partial charge >= 0.3 is 0 Å². The van der Waals surface area contributed by atoms with E-state index in [2.05, 4.69) is 33.2 Å². The molecule has 1 aromatic carbocycles. The molecule has 1 atom stereocenters. The summed E-state index contributed by atoms with van der Waals surface area (Å²) in [5.41, 5.74) is 4.87. The molecular weight excluding hydrogens is 352 g/mol.